The highest BCUT2D eigenvalue weighted by Crippen LogP contribution is 2.37. The molecular weight excluding hydrogens is 262 g/mol. The Bertz CT molecular complexity index is 505. The molecule has 0 bridgehead atoms. The lowest BCUT2D eigenvalue weighted by molar-refractivity contribution is 0.0542. The van der Waals surface area contributed by atoms with Crippen molar-refractivity contribution < 1.29 is 4.79 Å². The van der Waals surface area contributed by atoms with Crippen molar-refractivity contribution in [1.82, 2.24) is 14.9 Å². The van der Waals surface area contributed by atoms with Gasteiger partial charge in [0, 0.05) is 12.6 Å². The number of likely N-dealkylation sites (tertiary alicyclic amines) is 1. The molecule has 19 heavy (non-hydrogen) atoms. The number of carbonyl (C=O) groups is 1. The maximum absolute atomic E-state index is 12.7. The number of fused-ring (bicyclic) bond motifs is 1. The van der Waals surface area contributed by atoms with Crippen LogP contribution in [0.3, 0.4) is 0 Å². The van der Waals surface area contributed by atoms with Gasteiger partial charge < -0.3 is 4.90 Å². The molecule has 0 N–H and O–H groups in total. The fraction of sp³-hybridized carbons (Fsp3) is 0.643. The first-order chi connectivity index (χ1) is 9.16. The standard InChI is InChI=1S/C14H18ClN3O/c1-9-16-8-11(15)13(17-9)14(19)18-7-3-5-10-4-2-6-12(10)18/h8,10,12H,2-7H2,1H3. The van der Waals surface area contributed by atoms with Crippen LogP contribution in [0.5, 0.6) is 0 Å². The van der Waals surface area contributed by atoms with Crippen LogP contribution in [0.15, 0.2) is 6.20 Å². The second kappa shape index (κ2) is 5.08. The minimum absolute atomic E-state index is 0.0212. The molecule has 2 fully saturated rings. The smallest absolute Gasteiger partial charge is 0.274 e. The van der Waals surface area contributed by atoms with Crippen LogP contribution >= 0.6 is 11.6 Å². The Morgan fingerprint density at radius 3 is 3.00 bits per heavy atom. The molecule has 1 aromatic heterocycles. The second-order valence-corrected chi connectivity index (χ2v) is 5.92. The molecule has 1 amide bonds. The zero-order valence-electron chi connectivity index (χ0n) is 11.1. The lowest BCUT2D eigenvalue weighted by atomic mass is 9.92. The van der Waals surface area contributed by atoms with Crippen molar-refractivity contribution in [3.8, 4) is 0 Å². The van der Waals surface area contributed by atoms with Crippen LogP contribution in [0.1, 0.15) is 48.4 Å². The second-order valence-electron chi connectivity index (χ2n) is 5.51. The predicted molar refractivity (Wildman–Crippen MR) is 73.2 cm³/mol. The number of aromatic nitrogens is 2. The molecule has 0 radical (unpaired) electrons. The quantitative estimate of drug-likeness (QED) is 0.794. The molecule has 2 aliphatic rings. The fourth-order valence-corrected chi connectivity index (χ4v) is 3.62. The summed E-state index contributed by atoms with van der Waals surface area (Å²) in [6.07, 6.45) is 7.48. The number of hydrogen-bond acceptors (Lipinski definition) is 3. The molecule has 1 saturated heterocycles. The van der Waals surface area contributed by atoms with E-state index >= 15 is 0 Å². The molecule has 1 saturated carbocycles. The van der Waals surface area contributed by atoms with E-state index in [0.29, 0.717) is 28.5 Å². The zero-order chi connectivity index (χ0) is 13.4. The average Bonchev–Trinajstić information content (AvgIpc) is 2.89. The fourth-order valence-electron chi connectivity index (χ4n) is 3.45. The van der Waals surface area contributed by atoms with Crippen molar-refractivity contribution >= 4 is 17.5 Å². The molecule has 3 rings (SSSR count). The van der Waals surface area contributed by atoms with Gasteiger partial charge in [0.2, 0.25) is 0 Å². The number of rotatable bonds is 1. The van der Waals surface area contributed by atoms with Crippen LogP contribution in [0.25, 0.3) is 0 Å². The predicted octanol–water partition coefficient (Wildman–Crippen LogP) is 2.84. The van der Waals surface area contributed by atoms with Crippen molar-refractivity contribution in [2.24, 2.45) is 5.92 Å². The summed E-state index contributed by atoms with van der Waals surface area (Å²) in [5, 5.41) is 0.357. The molecule has 102 valence electrons. The molecule has 5 heteroatoms. The van der Waals surface area contributed by atoms with E-state index in [2.05, 4.69) is 9.97 Å². The molecule has 4 nitrogen and oxygen atoms in total. The summed E-state index contributed by atoms with van der Waals surface area (Å²) < 4.78 is 0. The number of hydrogen-bond donors (Lipinski definition) is 0. The number of halogens is 1. The third-order valence-electron chi connectivity index (χ3n) is 4.32. The zero-order valence-corrected chi connectivity index (χ0v) is 11.9. The molecule has 1 aromatic rings. The third-order valence-corrected chi connectivity index (χ3v) is 4.60. The van der Waals surface area contributed by atoms with E-state index in [9.17, 15) is 4.79 Å². The Kier molecular flexibility index (Phi) is 3.44. The van der Waals surface area contributed by atoms with Crippen LogP contribution in [0, 0.1) is 12.8 Å². The van der Waals surface area contributed by atoms with Gasteiger partial charge in [0.25, 0.3) is 5.91 Å². The topological polar surface area (TPSA) is 46.1 Å². The van der Waals surface area contributed by atoms with E-state index in [-0.39, 0.29) is 5.91 Å². The molecule has 0 aromatic carbocycles. The highest BCUT2D eigenvalue weighted by molar-refractivity contribution is 6.33. The summed E-state index contributed by atoms with van der Waals surface area (Å²) in [5.74, 6) is 1.25. The SMILES string of the molecule is Cc1ncc(Cl)c(C(=O)N2CCCC3CCCC32)n1. The summed E-state index contributed by atoms with van der Waals surface area (Å²) in [5.41, 5.74) is 0.363. The van der Waals surface area contributed by atoms with Gasteiger partial charge in [0.1, 0.15) is 5.82 Å². The summed E-state index contributed by atoms with van der Waals surface area (Å²) in [7, 11) is 0. The van der Waals surface area contributed by atoms with Gasteiger partial charge in [-0.1, -0.05) is 18.0 Å². The van der Waals surface area contributed by atoms with Crippen LogP contribution in [0.4, 0.5) is 0 Å². The Hall–Kier alpha value is -1.16. The maximum atomic E-state index is 12.7. The number of nitrogens with zero attached hydrogens (tertiary/aromatic N) is 3. The first-order valence-corrected chi connectivity index (χ1v) is 7.34. The lowest BCUT2D eigenvalue weighted by Crippen LogP contribution is -2.46. The summed E-state index contributed by atoms with van der Waals surface area (Å²) in [6.45, 7) is 2.61. The van der Waals surface area contributed by atoms with E-state index in [4.69, 9.17) is 11.6 Å². The molecular formula is C14H18ClN3O. The summed E-state index contributed by atoms with van der Waals surface area (Å²) in [4.78, 5) is 22.9. The first kappa shape index (κ1) is 12.9. The number of aryl methyl sites for hydroxylation is 1. The molecule has 2 atom stereocenters. The van der Waals surface area contributed by atoms with E-state index in [0.717, 1.165) is 19.4 Å². The maximum Gasteiger partial charge on any atom is 0.274 e. The molecule has 0 spiro atoms. The van der Waals surface area contributed by atoms with Crippen LogP contribution in [-0.2, 0) is 0 Å². The molecule has 2 heterocycles. The van der Waals surface area contributed by atoms with Crippen LogP contribution in [-0.4, -0.2) is 33.4 Å². The molecule has 2 unspecified atom stereocenters. The normalized spacial score (nSPS) is 26.3. The Morgan fingerprint density at radius 2 is 2.16 bits per heavy atom. The van der Waals surface area contributed by atoms with E-state index in [1.54, 1.807) is 6.92 Å². The Labute approximate surface area is 118 Å². The van der Waals surface area contributed by atoms with Gasteiger partial charge in [0.05, 0.1) is 11.2 Å². The van der Waals surface area contributed by atoms with E-state index in [1.807, 2.05) is 4.90 Å². The van der Waals surface area contributed by atoms with Crippen molar-refractivity contribution in [2.45, 2.75) is 45.1 Å². The highest BCUT2D eigenvalue weighted by Gasteiger charge is 2.38. The number of piperidine rings is 1. The van der Waals surface area contributed by atoms with Gasteiger partial charge in [0.15, 0.2) is 5.69 Å². The minimum Gasteiger partial charge on any atom is -0.334 e. The number of carbonyl (C=O) groups excluding carboxylic acids is 1. The van der Waals surface area contributed by atoms with E-state index in [1.165, 1.54) is 25.5 Å². The monoisotopic (exact) mass is 279 g/mol. The van der Waals surface area contributed by atoms with Gasteiger partial charge in [-0.05, 0) is 38.5 Å². The molecule has 1 aliphatic heterocycles. The van der Waals surface area contributed by atoms with Gasteiger partial charge in [-0.3, -0.25) is 4.79 Å². The van der Waals surface area contributed by atoms with Gasteiger partial charge in [-0.15, -0.1) is 0 Å². The molecule has 1 aliphatic carbocycles. The largest absolute Gasteiger partial charge is 0.334 e. The van der Waals surface area contributed by atoms with Crippen molar-refractivity contribution in [3.05, 3.63) is 22.7 Å². The highest BCUT2D eigenvalue weighted by atomic mass is 35.5. The van der Waals surface area contributed by atoms with Crippen LogP contribution < -0.4 is 0 Å². The van der Waals surface area contributed by atoms with E-state index < -0.39 is 0 Å². The van der Waals surface area contributed by atoms with Gasteiger partial charge >= 0.3 is 0 Å². The lowest BCUT2D eigenvalue weighted by Gasteiger charge is -2.37. The minimum atomic E-state index is -0.0212. The average molecular weight is 280 g/mol. The first-order valence-electron chi connectivity index (χ1n) is 6.97. The van der Waals surface area contributed by atoms with Crippen molar-refractivity contribution in [1.29, 1.82) is 0 Å². The summed E-state index contributed by atoms with van der Waals surface area (Å²) >= 11 is 6.08. The van der Waals surface area contributed by atoms with Crippen molar-refractivity contribution in [3.63, 3.8) is 0 Å². The Morgan fingerprint density at radius 1 is 1.37 bits per heavy atom. The Balaban J connectivity index is 1.88. The number of amides is 1. The summed E-state index contributed by atoms with van der Waals surface area (Å²) in [6, 6.07) is 0.396. The third kappa shape index (κ3) is 2.34. The van der Waals surface area contributed by atoms with Gasteiger partial charge in [-0.25, -0.2) is 9.97 Å². The van der Waals surface area contributed by atoms with Crippen molar-refractivity contribution in [2.75, 3.05) is 6.54 Å². The van der Waals surface area contributed by atoms with Crippen LogP contribution in [0.2, 0.25) is 5.02 Å². The van der Waals surface area contributed by atoms with Gasteiger partial charge in [-0.2, -0.15) is 0 Å².